The van der Waals surface area contributed by atoms with E-state index in [1.54, 1.807) is 13.1 Å². The monoisotopic (exact) mass is 373 g/mol. The van der Waals surface area contributed by atoms with Gasteiger partial charge in [-0.15, -0.1) is 11.3 Å². The van der Waals surface area contributed by atoms with E-state index in [0.29, 0.717) is 17.3 Å². The molecule has 0 aromatic carbocycles. The normalized spacial score (nSPS) is 21.3. The molecule has 2 atom stereocenters. The molecule has 1 fully saturated rings. The maximum atomic E-state index is 12.2. The molecule has 7 heteroatoms. The molecule has 0 bridgehead atoms. The fourth-order valence-corrected chi connectivity index (χ4v) is 4.05. The van der Waals surface area contributed by atoms with E-state index in [0.717, 1.165) is 23.0 Å². The first-order chi connectivity index (χ1) is 10.0. The molecule has 1 aromatic heterocycles. The van der Waals surface area contributed by atoms with Crippen LogP contribution in [0.5, 0.6) is 0 Å². The van der Waals surface area contributed by atoms with Crippen LogP contribution < -0.4 is 11.1 Å². The molecule has 0 saturated heterocycles. The van der Waals surface area contributed by atoms with Crippen LogP contribution in [-0.2, 0) is 4.79 Å². The Labute approximate surface area is 137 Å². The predicted octanol–water partition coefficient (Wildman–Crippen LogP) is 1.83. The van der Waals surface area contributed by atoms with Gasteiger partial charge in [-0.1, -0.05) is 6.42 Å². The molecule has 1 aliphatic rings. The second-order valence-electron chi connectivity index (χ2n) is 5.37. The lowest BCUT2D eigenvalue weighted by Crippen LogP contribution is -2.45. The lowest BCUT2D eigenvalue weighted by Gasteiger charge is -2.22. The van der Waals surface area contributed by atoms with Crippen LogP contribution in [0.1, 0.15) is 28.9 Å². The highest BCUT2D eigenvalue weighted by Crippen LogP contribution is 2.25. The van der Waals surface area contributed by atoms with Crippen LogP contribution in [0.15, 0.2) is 15.9 Å². The highest BCUT2D eigenvalue weighted by molar-refractivity contribution is 9.11. The third-order valence-corrected chi connectivity index (χ3v) is 5.43. The van der Waals surface area contributed by atoms with Crippen LogP contribution in [0.3, 0.4) is 0 Å². The maximum absolute atomic E-state index is 12.2. The van der Waals surface area contributed by atoms with Crippen molar-refractivity contribution in [3.05, 3.63) is 20.8 Å². The number of hydrogen-bond donors (Lipinski definition) is 2. The third kappa shape index (κ3) is 4.28. The summed E-state index contributed by atoms with van der Waals surface area (Å²) in [7, 11) is 1.64. The largest absolute Gasteiger partial charge is 0.352 e. The zero-order chi connectivity index (χ0) is 15.4. The average molecular weight is 374 g/mol. The Kier molecular flexibility index (Phi) is 5.78. The van der Waals surface area contributed by atoms with E-state index in [4.69, 9.17) is 5.73 Å². The second-order valence-corrected chi connectivity index (χ2v) is 7.83. The Morgan fingerprint density at radius 1 is 1.48 bits per heavy atom. The number of carbonyl (C=O) groups excluding carboxylic acids is 2. The molecular weight excluding hydrogens is 354 g/mol. The first-order valence-corrected chi connectivity index (χ1v) is 8.62. The number of nitrogens with two attached hydrogens (primary N) is 1. The lowest BCUT2D eigenvalue weighted by atomic mass is 10.0. The van der Waals surface area contributed by atoms with E-state index < -0.39 is 0 Å². The summed E-state index contributed by atoms with van der Waals surface area (Å²) in [5.41, 5.74) is 5.71. The number of thiophene rings is 1. The van der Waals surface area contributed by atoms with Gasteiger partial charge in [0, 0.05) is 13.1 Å². The van der Waals surface area contributed by atoms with Gasteiger partial charge in [0.1, 0.15) is 0 Å². The number of halogens is 1. The topological polar surface area (TPSA) is 75.4 Å². The van der Waals surface area contributed by atoms with Gasteiger partial charge in [-0.05, 0) is 53.4 Å². The van der Waals surface area contributed by atoms with E-state index in [2.05, 4.69) is 21.2 Å². The molecule has 1 aromatic rings. The number of hydrogen-bond acceptors (Lipinski definition) is 4. The van der Waals surface area contributed by atoms with Crippen molar-refractivity contribution in [2.24, 2.45) is 11.7 Å². The minimum atomic E-state index is -0.136. The average Bonchev–Trinajstić information content (AvgIpc) is 3.06. The minimum Gasteiger partial charge on any atom is -0.352 e. The number of rotatable bonds is 5. The van der Waals surface area contributed by atoms with Crippen molar-refractivity contribution in [3.8, 4) is 0 Å². The number of carbonyl (C=O) groups is 2. The predicted molar refractivity (Wildman–Crippen MR) is 87.3 cm³/mol. The van der Waals surface area contributed by atoms with Crippen LogP contribution >= 0.6 is 27.3 Å². The number of amides is 2. The minimum absolute atomic E-state index is 0.0716. The van der Waals surface area contributed by atoms with E-state index in [9.17, 15) is 9.59 Å². The molecule has 0 spiro atoms. The Hall–Kier alpha value is -0.920. The molecule has 0 aliphatic heterocycles. The van der Waals surface area contributed by atoms with Crippen molar-refractivity contribution in [2.75, 3.05) is 20.1 Å². The van der Waals surface area contributed by atoms with Gasteiger partial charge in [-0.25, -0.2) is 0 Å². The first kappa shape index (κ1) is 16.5. The van der Waals surface area contributed by atoms with E-state index in [1.165, 1.54) is 16.2 Å². The molecule has 116 valence electrons. The Bertz CT molecular complexity index is 520. The summed E-state index contributed by atoms with van der Waals surface area (Å²) in [4.78, 5) is 26.3. The van der Waals surface area contributed by atoms with Crippen molar-refractivity contribution in [1.82, 2.24) is 10.2 Å². The van der Waals surface area contributed by atoms with Crippen LogP contribution in [0.25, 0.3) is 0 Å². The van der Waals surface area contributed by atoms with Crippen LogP contribution in [0, 0.1) is 5.92 Å². The fraction of sp³-hybridized carbons (Fsp3) is 0.571. The summed E-state index contributed by atoms with van der Waals surface area (Å²) in [5, 5.41) is 3.00. The summed E-state index contributed by atoms with van der Waals surface area (Å²) in [5.74, 6) is 0.109. The van der Waals surface area contributed by atoms with Gasteiger partial charge in [0.05, 0.1) is 15.2 Å². The SMILES string of the molecule is CN(CC(=O)NC1CCCC1CN)C(=O)c1ccc(Br)s1. The zero-order valence-electron chi connectivity index (χ0n) is 12.0. The molecular formula is C14H20BrN3O2S. The first-order valence-electron chi connectivity index (χ1n) is 7.01. The van der Waals surface area contributed by atoms with Crippen LogP contribution in [0.2, 0.25) is 0 Å². The number of nitrogens with zero attached hydrogens (tertiary/aromatic N) is 1. The Balaban J connectivity index is 1.86. The molecule has 5 nitrogen and oxygen atoms in total. The third-order valence-electron chi connectivity index (χ3n) is 3.82. The highest BCUT2D eigenvalue weighted by atomic mass is 79.9. The molecule has 3 N–H and O–H groups in total. The summed E-state index contributed by atoms with van der Waals surface area (Å²) in [6.45, 7) is 0.672. The van der Waals surface area contributed by atoms with E-state index in [1.807, 2.05) is 6.07 Å². The van der Waals surface area contributed by atoms with Gasteiger partial charge in [0.25, 0.3) is 5.91 Å². The number of likely N-dealkylation sites (N-methyl/N-ethyl adjacent to an activating group) is 1. The molecule has 21 heavy (non-hydrogen) atoms. The Morgan fingerprint density at radius 3 is 2.86 bits per heavy atom. The van der Waals surface area contributed by atoms with Gasteiger partial charge < -0.3 is 16.0 Å². The van der Waals surface area contributed by atoms with Gasteiger partial charge >= 0.3 is 0 Å². The molecule has 2 rings (SSSR count). The summed E-state index contributed by atoms with van der Waals surface area (Å²) in [6.07, 6.45) is 3.15. The second kappa shape index (κ2) is 7.38. The van der Waals surface area contributed by atoms with Crippen molar-refractivity contribution in [1.29, 1.82) is 0 Å². The van der Waals surface area contributed by atoms with Gasteiger partial charge in [0.15, 0.2) is 0 Å². The lowest BCUT2D eigenvalue weighted by molar-refractivity contribution is -0.122. The molecule has 1 heterocycles. The Morgan fingerprint density at radius 2 is 2.24 bits per heavy atom. The van der Waals surface area contributed by atoms with E-state index in [-0.39, 0.29) is 24.4 Å². The van der Waals surface area contributed by atoms with E-state index >= 15 is 0 Å². The standard InChI is InChI=1S/C14H20BrN3O2S/c1-18(14(20)11-5-6-12(15)21-11)8-13(19)17-10-4-2-3-9(10)7-16/h5-6,9-10H,2-4,7-8,16H2,1H3,(H,17,19). The van der Waals surface area contributed by atoms with Crippen LogP contribution in [0.4, 0.5) is 0 Å². The zero-order valence-corrected chi connectivity index (χ0v) is 14.4. The molecule has 2 unspecified atom stereocenters. The molecule has 0 radical (unpaired) electrons. The van der Waals surface area contributed by atoms with Crippen molar-refractivity contribution in [3.63, 3.8) is 0 Å². The van der Waals surface area contributed by atoms with Crippen LogP contribution in [-0.4, -0.2) is 42.9 Å². The summed E-state index contributed by atoms with van der Waals surface area (Å²) >= 11 is 4.70. The molecule has 2 amide bonds. The van der Waals surface area contributed by atoms with Gasteiger partial charge in [0.2, 0.25) is 5.91 Å². The van der Waals surface area contributed by atoms with Crippen molar-refractivity contribution in [2.45, 2.75) is 25.3 Å². The van der Waals surface area contributed by atoms with Crippen molar-refractivity contribution < 1.29 is 9.59 Å². The number of nitrogens with one attached hydrogen (secondary N) is 1. The van der Waals surface area contributed by atoms with Gasteiger partial charge in [-0.3, -0.25) is 9.59 Å². The fourth-order valence-electron chi connectivity index (χ4n) is 2.67. The van der Waals surface area contributed by atoms with Gasteiger partial charge in [-0.2, -0.15) is 0 Å². The van der Waals surface area contributed by atoms with Crippen molar-refractivity contribution >= 4 is 39.1 Å². The summed E-state index contributed by atoms with van der Waals surface area (Å²) < 4.78 is 0.903. The quantitative estimate of drug-likeness (QED) is 0.826. The maximum Gasteiger partial charge on any atom is 0.264 e. The molecule has 1 aliphatic carbocycles. The molecule has 1 saturated carbocycles. The smallest absolute Gasteiger partial charge is 0.264 e. The highest BCUT2D eigenvalue weighted by Gasteiger charge is 2.28. The summed E-state index contributed by atoms with van der Waals surface area (Å²) in [6, 6.07) is 3.74.